The highest BCUT2D eigenvalue weighted by Crippen LogP contribution is 2.22. The van der Waals surface area contributed by atoms with E-state index in [9.17, 15) is 0 Å². The predicted molar refractivity (Wildman–Crippen MR) is 88.7 cm³/mol. The second-order valence-electron chi connectivity index (χ2n) is 6.13. The molecule has 3 nitrogen and oxygen atoms in total. The Bertz CT molecular complexity index is 404. The van der Waals surface area contributed by atoms with Gasteiger partial charge in [-0.2, -0.15) is 0 Å². The van der Waals surface area contributed by atoms with Crippen LogP contribution in [0.5, 0.6) is 0 Å². The smallest absolute Gasteiger partial charge is 0.0951 e. The van der Waals surface area contributed by atoms with Crippen LogP contribution in [0.15, 0.2) is 24.3 Å². The lowest BCUT2D eigenvalue weighted by Crippen LogP contribution is -2.28. The molecule has 1 atom stereocenters. The van der Waals surface area contributed by atoms with Gasteiger partial charge in [0, 0.05) is 13.7 Å². The van der Waals surface area contributed by atoms with Crippen LogP contribution in [0.4, 0.5) is 0 Å². The highest BCUT2D eigenvalue weighted by atomic mass is 16.5. The summed E-state index contributed by atoms with van der Waals surface area (Å²) in [6, 6.07) is 8.46. The Morgan fingerprint density at radius 2 is 1.95 bits per heavy atom. The van der Waals surface area contributed by atoms with Crippen molar-refractivity contribution in [3.63, 3.8) is 0 Å². The number of aryl methyl sites for hydroxylation is 1. The highest BCUT2D eigenvalue weighted by Gasteiger charge is 2.19. The lowest BCUT2D eigenvalue weighted by atomic mass is 10.0. The molecule has 1 unspecified atom stereocenters. The van der Waals surface area contributed by atoms with E-state index in [1.54, 1.807) is 7.11 Å². The largest absolute Gasteiger partial charge is 0.379 e. The fourth-order valence-corrected chi connectivity index (χ4v) is 2.17. The molecule has 0 saturated carbocycles. The first-order valence-electron chi connectivity index (χ1n) is 7.93. The van der Waals surface area contributed by atoms with E-state index in [1.807, 2.05) is 0 Å². The van der Waals surface area contributed by atoms with E-state index in [4.69, 9.17) is 9.47 Å². The molecule has 120 valence electrons. The van der Waals surface area contributed by atoms with Gasteiger partial charge in [-0.05, 0) is 51.3 Å². The van der Waals surface area contributed by atoms with Gasteiger partial charge in [-0.3, -0.25) is 0 Å². The van der Waals surface area contributed by atoms with Crippen LogP contribution in [0.2, 0.25) is 0 Å². The molecule has 1 aromatic rings. The second kappa shape index (κ2) is 9.19. The van der Waals surface area contributed by atoms with Gasteiger partial charge in [0.15, 0.2) is 0 Å². The second-order valence-corrected chi connectivity index (χ2v) is 6.13. The standard InChI is InChI=1S/C18H31NO2/c1-6-12-19-14-17(16-10-8-7-9-15(16)2)21-13-11-18(3,4)20-5/h7-10,17,19H,6,11-14H2,1-5H3. The number of methoxy groups -OCH3 is 1. The van der Waals surface area contributed by atoms with Crippen molar-refractivity contribution in [2.75, 3.05) is 26.8 Å². The molecule has 0 radical (unpaired) electrons. The van der Waals surface area contributed by atoms with Crippen molar-refractivity contribution in [1.82, 2.24) is 5.32 Å². The Morgan fingerprint density at radius 1 is 1.24 bits per heavy atom. The summed E-state index contributed by atoms with van der Waals surface area (Å²) in [5.41, 5.74) is 2.43. The summed E-state index contributed by atoms with van der Waals surface area (Å²) in [5.74, 6) is 0. The average Bonchev–Trinajstić information content (AvgIpc) is 2.46. The molecule has 0 bridgehead atoms. The van der Waals surface area contributed by atoms with Crippen molar-refractivity contribution in [1.29, 1.82) is 0 Å². The van der Waals surface area contributed by atoms with Crippen LogP contribution in [0.1, 0.15) is 50.8 Å². The Kier molecular flexibility index (Phi) is 7.94. The zero-order chi connectivity index (χ0) is 15.7. The van der Waals surface area contributed by atoms with Gasteiger partial charge in [-0.25, -0.2) is 0 Å². The zero-order valence-corrected chi connectivity index (χ0v) is 14.2. The van der Waals surface area contributed by atoms with E-state index in [-0.39, 0.29) is 11.7 Å². The van der Waals surface area contributed by atoms with Gasteiger partial charge in [-0.15, -0.1) is 0 Å². The first kappa shape index (κ1) is 18.1. The molecule has 3 heteroatoms. The third-order valence-electron chi connectivity index (χ3n) is 3.87. The molecular weight excluding hydrogens is 262 g/mol. The van der Waals surface area contributed by atoms with Crippen LogP contribution >= 0.6 is 0 Å². The molecule has 0 saturated heterocycles. The monoisotopic (exact) mass is 293 g/mol. The number of benzene rings is 1. The maximum absolute atomic E-state index is 6.15. The van der Waals surface area contributed by atoms with Crippen molar-refractivity contribution < 1.29 is 9.47 Å². The van der Waals surface area contributed by atoms with Gasteiger partial charge in [0.25, 0.3) is 0 Å². The maximum Gasteiger partial charge on any atom is 0.0951 e. The fraction of sp³-hybridized carbons (Fsp3) is 0.667. The minimum Gasteiger partial charge on any atom is -0.379 e. The van der Waals surface area contributed by atoms with Crippen molar-refractivity contribution in [3.05, 3.63) is 35.4 Å². The lowest BCUT2D eigenvalue weighted by molar-refractivity contribution is -0.0272. The maximum atomic E-state index is 6.15. The number of hydrogen-bond acceptors (Lipinski definition) is 3. The third-order valence-corrected chi connectivity index (χ3v) is 3.87. The summed E-state index contributed by atoms with van der Waals surface area (Å²) in [5, 5.41) is 3.47. The van der Waals surface area contributed by atoms with Gasteiger partial charge in [0.1, 0.15) is 0 Å². The molecule has 1 aromatic carbocycles. The van der Waals surface area contributed by atoms with Gasteiger partial charge in [0.2, 0.25) is 0 Å². The number of hydrogen-bond donors (Lipinski definition) is 1. The van der Waals surface area contributed by atoms with E-state index in [2.05, 4.69) is 57.3 Å². The van der Waals surface area contributed by atoms with Crippen LogP contribution in [-0.4, -0.2) is 32.4 Å². The lowest BCUT2D eigenvalue weighted by Gasteiger charge is -2.25. The molecule has 0 aliphatic rings. The van der Waals surface area contributed by atoms with E-state index in [1.165, 1.54) is 11.1 Å². The van der Waals surface area contributed by atoms with E-state index in [0.717, 1.165) is 25.9 Å². The molecule has 0 aromatic heterocycles. The molecule has 0 heterocycles. The zero-order valence-electron chi connectivity index (χ0n) is 14.2. The first-order valence-corrected chi connectivity index (χ1v) is 7.93. The Labute approximate surface area is 130 Å². The third kappa shape index (κ3) is 6.60. The van der Waals surface area contributed by atoms with Crippen LogP contribution in [0.25, 0.3) is 0 Å². The molecule has 0 aliphatic heterocycles. The summed E-state index contributed by atoms with van der Waals surface area (Å²) < 4.78 is 11.6. The summed E-state index contributed by atoms with van der Waals surface area (Å²) in [4.78, 5) is 0. The molecule has 1 N–H and O–H groups in total. The van der Waals surface area contributed by atoms with Gasteiger partial charge >= 0.3 is 0 Å². The summed E-state index contributed by atoms with van der Waals surface area (Å²) in [6.45, 7) is 11.1. The van der Waals surface area contributed by atoms with E-state index >= 15 is 0 Å². The van der Waals surface area contributed by atoms with Gasteiger partial charge < -0.3 is 14.8 Å². The molecular formula is C18H31NO2. The number of nitrogens with one attached hydrogen (secondary N) is 1. The van der Waals surface area contributed by atoms with Gasteiger partial charge in [0.05, 0.1) is 18.3 Å². The predicted octanol–water partition coefficient (Wildman–Crippen LogP) is 3.87. The van der Waals surface area contributed by atoms with Crippen LogP contribution in [0.3, 0.4) is 0 Å². The minimum atomic E-state index is -0.132. The molecule has 21 heavy (non-hydrogen) atoms. The fourth-order valence-electron chi connectivity index (χ4n) is 2.17. The van der Waals surface area contributed by atoms with Crippen molar-refractivity contribution >= 4 is 0 Å². The quantitative estimate of drug-likeness (QED) is 0.664. The van der Waals surface area contributed by atoms with Gasteiger partial charge in [-0.1, -0.05) is 31.2 Å². The summed E-state index contributed by atoms with van der Waals surface area (Å²) in [6.07, 6.45) is 2.13. The Balaban J connectivity index is 2.63. The minimum absolute atomic E-state index is 0.102. The van der Waals surface area contributed by atoms with E-state index < -0.39 is 0 Å². The van der Waals surface area contributed by atoms with Crippen molar-refractivity contribution in [2.24, 2.45) is 0 Å². The normalized spacial score (nSPS) is 13.4. The molecule has 0 amide bonds. The Hall–Kier alpha value is -0.900. The summed E-state index contributed by atoms with van der Waals surface area (Å²) >= 11 is 0. The van der Waals surface area contributed by atoms with Crippen LogP contribution in [0, 0.1) is 6.92 Å². The van der Waals surface area contributed by atoms with Crippen molar-refractivity contribution in [3.8, 4) is 0 Å². The molecule has 1 rings (SSSR count). The molecule has 0 aliphatic carbocycles. The average molecular weight is 293 g/mol. The summed E-state index contributed by atoms with van der Waals surface area (Å²) in [7, 11) is 1.75. The van der Waals surface area contributed by atoms with E-state index in [0.29, 0.717) is 6.61 Å². The first-order chi connectivity index (χ1) is 10.00. The van der Waals surface area contributed by atoms with Crippen LogP contribution < -0.4 is 5.32 Å². The molecule has 0 spiro atoms. The topological polar surface area (TPSA) is 30.5 Å². The molecule has 0 fully saturated rings. The highest BCUT2D eigenvalue weighted by molar-refractivity contribution is 5.28. The SMILES string of the molecule is CCCNCC(OCCC(C)(C)OC)c1ccccc1C. The van der Waals surface area contributed by atoms with Crippen LogP contribution in [-0.2, 0) is 9.47 Å². The number of rotatable bonds is 10. The Morgan fingerprint density at radius 3 is 2.57 bits per heavy atom. The van der Waals surface area contributed by atoms with Crippen molar-refractivity contribution in [2.45, 2.75) is 52.2 Å². The number of ether oxygens (including phenoxy) is 2.